The number of pyridine rings is 1. The van der Waals surface area contributed by atoms with Gasteiger partial charge in [-0.15, -0.1) is 0 Å². The van der Waals surface area contributed by atoms with E-state index >= 15 is 0 Å². The van der Waals surface area contributed by atoms with Crippen LogP contribution in [0.2, 0.25) is 10.0 Å². The number of ether oxygens (including phenoxy) is 2. The number of carbonyl (C=O) groups is 2. The zero-order valence-electron chi connectivity index (χ0n) is 19.4. The molecule has 11 heteroatoms. The fourth-order valence-electron chi connectivity index (χ4n) is 3.59. The van der Waals surface area contributed by atoms with Gasteiger partial charge in [0.25, 0.3) is 5.91 Å². The summed E-state index contributed by atoms with van der Waals surface area (Å²) in [5, 5.41) is 12.3. The van der Waals surface area contributed by atoms with Crippen LogP contribution in [0.5, 0.6) is 11.5 Å². The van der Waals surface area contributed by atoms with Crippen LogP contribution in [0.4, 0.5) is 8.78 Å². The average Bonchev–Trinajstić information content (AvgIpc) is 2.83. The Labute approximate surface area is 216 Å². The third-order valence-electron chi connectivity index (χ3n) is 5.40. The van der Waals surface area contributed by atoms with Gasteiger partial charge in [0.1, 0.15) is 23.8 Å². The van der Waals surface area contributed by atoms with Gasteiger partial charge in [-0.1, -0.05) is 35.3 Å². The SMILES string of the molecule is COc1ccnc(C(=O)N[C@@H](C)C(=O)O[C@@H](C)C(c2ccc(F)c(Cl)c2)c2ccc(F)c(Cl)c2)c1O. The van der Waals surface area contributed by atoms with Crippen LogP contribution in [-0.4, -0.2) is 41.2 Å². The summed E-state index contributed by atoms with van der Waals surface area (Å²) >= 11 is 11.9. The Hall–Kier alpha value is -3.43. The van der Waals surface area contributed by atoms with Crippen molar-refractivity contribution < 1.29 is 33.0 Å². The van der Waals surface area contributed by atoms with Crippen molar-refractivity contribution in [2.24, 2.45) is 0 Å². The fourth-order valence-corrected chi connectivity index (χ4v) is 3.97. The zero-order valence-corrected chi connectivity index (χ0v) is 20.9. The molecule has 0 unspecified atom stereocenters. The van der Waals surface area contributed by atoms with Gasteiger partial charge in [0.15, 0.2) is 17.2 Å². The molecule has 7 nitrogen and oxygen atoms in total. The first-order valence-corrected chi connectivity index (χ1v) is 11.4. The van der Waals surface area contributed by atoms with E-state index in [0.29, 0.717) is 11.1 Å². The van der Waals surface area contributed by atoms with Gasteiger partial charge in [0.05, 0.1) is 17.2 Å². The molecule has 2 N–H and O–H groups in total. The first-order chi connectivity index (χ1) is 17.0. The van der Waals surface area contributed by atoms with E-state index in [1.165, 1.54) is 62.7 Å². The van der Waals surface area contributed by atoms with Crippen LogP contribution in [0.25, 0.3) is 0 Å². The Bertz CT molecular complexity index is 1240. The highest BCUT2D eigenvalue weighted by Crippen LogP contribution is 2.34. The van der Waals surface area contributed by atoms with E-state index < -0.39 is 47.3 Å². The molecule has 0 fully saturated rings. The van der Waals surface area contributed by atoms with Crippen molar-refractivity contribution in [1.82, 2.24) is 10.3 Å². The maximum absolute atomic E-state index is 13.8. The van der Waals surface area contributed by atoms with Crippen molar-refractivity contribution in [1.29, 1.82) is 0 Å². The first-order valence-electron chi connectivity index (χ1n) is 10.7. The van der Waals surface area contributed by atoms with Gasteiger partial charge in [-0.25, -0.2) is 18.6 Å². The molecule has 2 aromatic carbocycles. The molecule has 3 aromatic rings. The van der Waals surface area contributed by atoms with Crippen molar-refractivity contribution in [2.75, 3.05) is 7.11 Å². The number of methoxy groups -OCH3 is 1. The molecule has 0 spiro atoms. The van der Waals surface area contributed by atoms with Crippen LogP contribution in [0, 0.1) is 11.6 Å². The molecule has 1 heterocycles. The van der Waals surface area contributed by atoms with Gasteiger partial charge in [-0.05, 0) is 49.2 Å². The predicted molar refractivity (Wildman–Crippen MR) is 130 cm³/mol. The molecule has 0 aliphatic rings. The topological polar surface area (TPSA) is 97.8 Å². The van der Waals surface area contributed by atoms with E-state index in [4.69, 9.17) is 32.7 Å². The molecule has 1 aromatic heterocycles. The number of esters is 1. The maximum Gasteiger partial charge on any atom is 0.328 e. The van der Waals surface area contributed by atoms with Gasteiger partial charge in [-0.3, -0.25) is 4.79 Å². The smallest absolute Gasteiger partial charge is 0.328 e. The van der Waals surface area contributed by atoms with Crippen molar-refractivity contribution in [3.63, 3.8) is 0 Å². The summed E-state index contributed by atoms with van der Waals surface area (Å²) < 4.78 is 38.1. The number of hydrogen-bond acceptors (Lipinski definition) is 6. The largest absolute Gasteiger partial charge is 0.503 e. The molecule has 0 aliphatic heterocycles. The highest BCUT2D eigenvalue weighted by atomic mass is 35.5. The second-order valence-electron chi connectivity index (χ2n) is 7.87. The van der Waals surface area contributed by atoms with Crippen LogP contribution < -0.4 is 10.1 Å². The summed E-state index contributed by atoms with van der Waals surface area (Å²) in [4.78, 5) is 29.2. The summed E-state index contributed by atoms with van der Waals surface area (Å²) in [7, 11) is 1.32. The minimum atomic E-state index is -1.14. The molecule has 2 atom stereocenters. The molecule has 1 amide bonds. The molecular formula is C25H22Cl2F2N2O5. The second kappa shape index (κ2) is 11.5. The van der Waals surface area contributed by atoms with E-state index in [2.05, 4.69) is 10.3 Å². The number of nitrogens with one attached hydrogen (secondary N) is 1. The number of aromatic nitrogens is 1. The molecule has 0 saturated heterocycles. The number of carbonyl (C=O) groups excluding carboxylic acids is 2. The van der Waals surface area contributed by atoms with Crippen LogP contribution >= 0.6 is 23.2 Å². The van der Waals surface area contributed by atoms with Crippen LogP contribution in [0.1, 0.15) is 41.4 Å². The van der Waals surface area contributed by atoms with Crippen LogP contribution in [0.3, 0.4) is 0 Å². The summed E-state index contributed by atoms with van der Waals surface area (Å²) in [6.07, 6.45) is 0.397. The second-order valence-corrected chi connectivity index (χ2v) is 8.69. The van der Waals surface area contributed by atoms with Crippen molar-refractivity contribution in [2.45, 2.75) is 31.9 Å². The highest BCUT2D eigenvalue weighted by Gasteiger charge is 2.29. The minimum Gasteiger partial charge on any atom is -0.503 e. The Morgan fingerprint density at radius 3 is 2.06 bits per heavy atom. The molecule has 0 saturated carbocycles. The lowest BCUT2D eigenvalue weighted by atomic mass is 9.87. The van der Waals surface area contributed by atoms with E-state index in [-0.39, 0.29) is 21.5 Å². The first kappa shape index (κ1) is 27.2. The minimum absolute atomic E-state index is 0.0396. The number of halogens is 4. The number of benzene rings is 2. The highest BCUT2D eigenvalue weighted by molar-refractivity contribution is 6.31. The standard InChI is InChI=1S/C25H22Cl2F2N2O5/c1-12(31-24(33)22-23(32)20(35-3)8-9-30-22)25(34)36-13(2)21(14-4-6-18(28)16(26)10-14)15-5-7-19(29)17(27)11-15/h4-13,21,32H,1-3H3,(H,31,33)/t12-,13-/m0/s1. The van der Waals surface area contributed by atoms with E-state index in [1.54, 1.807) is 6.92 Å². The Balaban J connectivity index is 1.82. The van der Waals surface area contributed by atoms with Gasteiger partial charge in [0, 0.05) is 18.2 Å². The third kappa shape index (κ3) is 6.03. The lowest BCUT2D eigenvalue weighted by Crippen LogP contribution is -2.41. The predicted octanol–water partition coefficient (Wildman–Crippen LogP) is 5.26. The monoisotopic (exact) mass is 538 g/mol. The van der Waals surface area contributed by atoms with Crippen molar-refractivity contribution in [3.8, 4) is 11.5 Å². The van der Waals surface area contributed by atoms with Gasteiger partial charge >= 0.3 is 5.97 Å². The summed E-state index contributed by atoms with van der Waals surface area (Å²) in [5.74, 6) is -4.03. The average molecular weight is 539 g/mol. The van der Waals surface area contributed by atoms with Gasteiger partial charge < -0.3 is 19.9 Å². The maximum atomic E-state index is 13.8. The molecule has 0 bridgehead atoms. The lowest BCUT2D eigenvalue weighted by Gasteiger charge is -2.27. The zero-order chi connectivity index (χ0) is 26.6. The lowest BCUT2D eigenvalue weighted by molar-refractivity contribution is -0.150. The van der Waals surface area contributed by atoms with Crippen LogP contribution in [-0.2, 0) is 9.53 Å². The summed E-state index contributed by atoms with van der Waals surface area (Å²) in [5.41, 5.74) is 0.653. The molecule has 190 valence electrons. The van der Waals surface area contributed by atoms with E-state index in [9.17, 15) is 23.5 Å². The van der Waals surface area contributed by atoms with E-state index in [0.717, 1.165) is 0 Å². The van der Waals surface area contributed by atoms with Crippen molar-refractivity contribution in [3.05, 3.63) is 87.2 Å². The molecule has 36 heavy (non-hydrogen) atoms. The van der Waals surface area contributed by atoms with Crippen LogP contribution in [0.15, 0.2) is 48.7 Å². The van der Waals surface area contributed by atoms with E-state index in [1.807, 2.05) is 0 Å². The van der Waals surface area contributed by atoms with Gasteiger partial charge in [-0.2, -0.15) is 0 Å². The number of amides is 1. The molecular weight excluding hydrogens is 517 g/mol. The Kier molecular flexibility index (Phi) is 8.70. The molecule has 0 radical (unpaired) electrons. The molecule has 0 aliphatic carbocycles. The van der Waals surface area contributed by atoms with Crippen molar-refractivity contribution >= 4 is 35.1 Å². The Morgan fingerprint density at radius 2 is 1.56 bits per heavy atom. The number of hydrogen-bond donors (Lipinski definition) is 2. The number of nitrogens with zero attached hydrogens (tertiary/aromatic N) is 1. The quantitative estimate of drug-likeness (QED) is 0.379. The normalized spacial score (nSPS) is 12.7. The summed E-state index contributed by atoms with van der Waals surface area (Å²) in [6.45, 7) is 2.98. The van der Waals surface area contributed by atoms with Gasteiger partial charge in [0.2, 0.25) is 0 Å². The number of rotatable bonds is 8. The third-order valence-corrected chi connectivity index (χ3v) is 5.98. The number of aromatic hydroxyl groups is 1. The summed E-state index contributed by atoms with van der Waals surface area (Å²) in [6, 6.07) is 8.27. The Morgan fingerprint density at radius 1 is 1.00 bits per heavy atom. The fraction of sp³-hybridized carbons (Fsp3) is 0.240. The molecule has 3 rings (SSSR count).